The average molecular weight is 239 g/mol. The summed E-state index contributed by atoms with van der Waals surface area (Å²) in [4.78, 5) is 13.7. The van der Waals surface area contributed by atoms with Gasteiger partial charge in [0.2, 0.25) is 0 Å². The minimum atomic E-state index is -0.0260. The molecule has 0 atom stereocenters. The van der Waals surface area contributed by atoms with E-state index in [1.165, 1.54) is 6.42 Å². The van der Waals surface area contributed by atoms with Crippen LogP contribution in [-0.4, -0.2) is 24.0 Å². The molecular formula is C12H15ClN2O. The smallest absolute Gasteiger partial charge is 0.321 e. The summed E-state index contributed by atoms with van der Waals surface area (Å²) in [5.74, 6) is 0. The van der Waals surface area contributed by atoms with Gasteiger partial charge in [0.05, 0.1) is 0 Å². The maximum atomic E-state index is 11.9. The monoisotopic (exact) mass is 238 g/mol. The fraction of sp³-hybridized carbons (Fsp3) is 0.417. The van der Waals surface area contributed by atoms with Gasteiger partial charge in [-0.25, -0.2) is 4.79 Å². The van der Waals surface area contributed by atoms with Gasteiger partial charge in [-0.15, -0.1) is 0 Å². The van der Waals surface area contributed by atoms with Crippen molar-refractivity contribution in [1.29, 1.82) is 0 Å². The Hall–Kier alpha value is -1.22. The molecule has 2 rings (SSSR count). The molecule has 0 unspecified atom stereocenters. The third-order valence-electron chi connectivity index (χ3n) is 2.72. The van der Waals surface area contributed by atoms with Crippen molar-refractivity contribution < 1.29 is 4.79 Å². The summed E-state index contributed by atoms with van der Waals surface area (Å²) in [5.41, 5.74) is 0.753. The summed E-state index contributed by atoms with van der Waals surface area (Å²) >= 11 is 5.85. The van der Waals surface area contributed by atoms with Crippen molar-refractivity contribution in [2.75, 3.05) is 18.4 Å². The number of rotatable bonds is 1. The normalized spacial score (nSPS) is 15.9. The average Bonchev–Trinajstić information content (AvgIpc) is 2.30. The maximum Gasteiger partial charge on any atom is 0.321 e. The lowest BCUT2D eigenvalue weighted by atomic mass is 10.1. The number of nitrogens with one attached hydrogen (secondary N) is 1. The maximum absolute atomic E-state index is 11.9. The number of halogens is 1. The minimum absolute atomic E-state index is 0.0260. The largest absolute Gasteiger partial charge is 0.325 e. The van der Waals surface area contributed by atoms with Gasteiger partial charge in [0.15, 0.2) is 0 Å². The quantitative estimate of drug-likeness (QED) is 0.800. The lowest BCUT2D eigenvalue weighted by Crippen LogP contribution is -2.38. The van der Waals surface area contributed by atoms with Crippen molar-refractivity contribution >= 4 is 23.3 Å². The highest BCUT2D eigenvalue weighted by molar-refractivity contribution is 6.30. The van der Waals surface area contributed by atoms with Gasteiger partial charge in [0, 0.05) is 23.8 Å². The lowest BCUT2D eigenvalue weighted by Gasteiger charge is -2.26. The highest BCUT2D eigenvalue weighted by Crippen LogP contribution is 2.16. The number of carbonyl (C=O) groups excluding carboxylic acids is 1. The molecule has 0 bridgehead atoms. The Balaban J connectivity index is 1.96. The summed E-state index contributed by atoms with van der Waals surface area (Å²) in [7, 11) is 0. The van der Waals surface area contributed by atoms with Gasteiger partial charge in [-0.05, 0) is 37.5 Å². The van der Waals surface area contributed by atoms with Crippen molar-refractivity contribution in [3.63, 3.8) is 0 Å². The molecule has 3 nitrogen and oxygen atoms in total. The van der Waals surface area contributed by atoms with E-state index in [1.807, 2.05) is 17.0 Å². The van der Waals surface area contributed by atoms with E-state index in [9.17, 15) is 4.79 Å². The van der Waals surface area contributed by atoms with E-state index in [0.717, 1.165) is 31.6 Å². The second-order valence-corrected chi connectivity index (χ2v) is 4.42. The number of hydrogen-bond donors (Lipinski definition) is 1. The Morgan fingerprint density at radius 2 is 2.00 bits per heavy atom. The Morgan fingerprint density at radius 3 is 2.69 bits per heavy atom. The number of urea groups is 1. The third kappa shape index (κ3) is 2.89. The molecule has 1 aromatic rings. The number of nitrogens with zero attached hydrogens (tertiary/aromatic N) is 1. The summed E-state index contributed by atoms with van der Waals surface area (Å²) in [6.45, 7) is 1.71. The van der Waals surface area contributed by atoms with Gasteiger partial charge in [0.25, 0.3) is 0 Å². The molecule has 0 aliphatic carbocycles. The summed E-state index contributed by atoms with van der Waals surface area (Å²) in [5, 5.41) is 3.49. The first kappa shape index (κ1) is 11.3. The van der Waals surface area contributed by atoms with E-state index in [4.69, 9.17) is 11.6 Å². The van der Waals surface area contributed by atoms with E-state index in [1.54, 1.807) is 12.1 Å². The molecule has 16 heavy (non-hydrogen) atoms. The fourth-order valence-corrected chi connectivity index (χ4v) is 2.06. The lowest BCUT2D eigenvalue weighted by molar-refractivity contribution is 0.200. The van der Waals surface area contributed by atoms with Crippen LogP contribution in [0.1, 0.15) is 19.3 Å². The Labute approximate surface area is 100 Å². The number of benzene rings is 1. The second-order valence-electron chi connectivity index (χ2n) is 3.99. The number of piperidine rings is 1. The van der Waals surface area contributed by atoms with Crippen LogP contribution < -0.4 is 5.32 Å². The van der Waals surface area contributed by atoms with Crippen LogP contribution in [0, 0.1) is 0 Å². The molecule has 0 spiro atoms. The highest BCUT2D eigenvalue weighted by Gasteiger charge is 2.16. The third-order valence-corrected chi connectivity index (χ3v) is 2.95. The van der Waals surface area contributed by atoms with Crippen LogP contribution >= 0.6 is 11.6 Å². The van der Waals surface area contributed by atoms with E-state index in [2.05, 4.69) is 5.32 Å². The number of hydrogen-bond acceptors (Lipinski definition) is 1. The first-order valence-electron chi connectivity index (χ1n) is 5.57. The standard InChI is InChI=1S/C12H15ClN2O/c13-10-5-4-6-11(9-10)14-12(16)15-7-2-1-3-8-15/h4-6,9H,1-3,7-8H2,(H,14,16). The first-order valence-corrected chi connectivity index (χ1v) is 5.95. The molecule has 2 amide bonds. The van der Waals surface area contributed by atoms with Crippen LogP contribution in [0.3, 0.4) is 0 Å². The first-order chi connectivity index (χ1) is 7.75. The highest BCUT2D eigenvalue weighted by atomic mass is 35.5. The van der Waals surface area contributed by atoms with Crippen LogP contribution in [-0.2, 0) is 0 Å². The molecule has 4 heteroatoms. The Morgan fingerprint density at radius 1 is 1.25 bits per heavy atom. The van der Waals surface area contributed by atoms with Crippen LogP contribution in [0.25, 0.3) is 0 Å². The van der Waals surface area contributed by atoms with Crippen molar-refractivity contribution in [1.82, 2.24) is 4.90 Å². The van der Waals surface area contributed by atoms with Crippen LogP contribution in [0.15, 0.2) is 24.3 Å². The molecule has 1 fully saturated rings. The topological polar surface area (TPSA) is 32.3 Å². The molecule has 0 saturated carbocycles. The van der Waals surface area contributed by atoms with Gasteiger partial charge in [0.1, 0.15) is 0 Å². The summed E-state index contributed by atoms with van der Waals surface area (Å²) in [6.07, 6.45) is 3.42. The zero-order valence-electron chi connectivity index (χ0n) is 9.08. The van der Waals surface area contributed by atoms with E-state index >= 15 is 0 Å². The van der Waals surface area contributed by atoms with Gasteiger partial charge in [-0.1, -0.05) is 17.7 Å². The van der Waals surface area contributed by atoms with E-state index in [0.29, 0.717) is 5.02 Å². The van der Waals surface area contributed by atoms with Crippen molar-refractivity contribution in [2.45, 2.75) is 19.3 Å². The predicted octanol–water partition coefficient (Wildman–Crippen LogP) is 3.36. The summed E-state index contributed by atoms with van der Waals surface area (Å²) < 4.78 is 0. The van der Waals surface area contributed by atoms with Gasteiger partial charge >= 0.3 is 6.03 Å². The van der Waals surface area contributed by atoms with E-state index in [-0.39, 0.29) is 6.03 Å². The molecule has 0 radical (unpaired) electrons. The molecule has 1 aliphatic heterocycles. The summed E-state index contributed by atoms with van der Waals surface area (Å²) in [6, 6.07) is 7.19. The molecule has 1 aromatic carbocycles. The molecular weight excluding hydrogens is 224 g/mol. The van der Waals surface area contributed by atoms with Crippen molar-refractivity contribution in [2.24, 2.45) is 0 Å². The van der Waals surface area contributed by atoms with Gasteiger partial charge in [-0.2, -0.15) is 0 Å². The van der Waals surface area contributed by atoms with Crippen molar-refractivity contribution in [3.05, 3.63) is 29.3 Å². The van der Waals surface area contributed by atoms with Crippen LogP contribution in [0.5, 0.6) is 0 Å². The number of amides is 2. The Kier molecular flexibility index (Phi) is 3.67. The molecule has 0 aromatic heterocycles. The SMILES string of the molecule is O=C(Nc1cccc(Cl)c1)N1CCCCC1. The number of likely N-dealkylation sites (tertiary alicyclic amines) is 1. The van der Waals surface area contributed by atoms with Crippen LogP contribution in [0.4, 0.5) is 10.5 Å². The van der Waals surface area contributed by atoms with Crippen LogP contribution in [0.2, 0.25) is 5.02 Å². The number of anilines is 1. The number of carbonyl (C=O) groups is 1. The molecule has 1 saturated heterocycles. The predicted molar refractivity (Wildman–Crippen MR) is 65.9 cm³/mol. The second kappa shape index (κ2) is 5.21. The van der Waals surface area contributed by atoms with Gasteiger partial charge in [-0.3, -0.25) is 0 Å². The van der Waals surface area contributed by atoms with Crippen molar-refractivity contribution in [3.8, 4) is 0 Å². The van der Waals surface area contributed by atoms with Gasteiger partial charge < -0.3 is 10.2 Å². The van der Waals surface area contributed by atoms with E-state index < -0.39 is 0 Å². The minimum Gasteiger partial charge on any atom is -0.325 e. The molecule has 1 N–H and O–H groups in total. The zero-order valence-corrected chi connectivity index (χ0v) is 9.83. The fourth-order valence-electron chi connectivity index (χ4n) is 1.87. The molecule has 86 valence electrons. The zero-order chi connectivity index (χ0) is 11.4. The molecule has 1 heterocycles. The molecule has 1 aliphatic rings. The Bertz CT molecular complexity index is 375.